The second kappa shape index (κ2) is 12.5. The molecule has 1 heterocycles. The SMILES string of the molecule is CCC1(CC)CC(=O)N(C(CCOC)[C@@H]2C[C@H]2C(=O)N[C@@H]2c3ccccc3C[C@H]2O)C(N)=N1.O=C(O)C(F)(F)F. The van der Waals surface area contributed by atoms with Gasteiger partial charge in [-0.3, -0.25) is 14.5 Å². The maximum atomic E-state index is 13.2. The van der Waals surface area contributed by atoms with Gasteiger partial charge in [-0.25, -0.2) is 9.79 Å². The normalized spacial score (nSPS) is 25.7. The number of guanidine groups is 1. The molecule has 0 bridgehead atoms. The van der Waals surface area contributed by atoms with E-state index in [2.05, 4.69) is 5.32 Å². The molecule has 13 heteroatoms. The molecule has 40 heavy (non-hydrogen) atoms. The second-order valence-corrected chi connectivity index (χ2v) is 10.5. The Hall–Kier alpha value is -3.19. The van der Waals surface area contributed by atoms with Crippen LogP contribution in [0.2, 0.25) is 0 Å². The van der Waals surface area contributed by atoms with Crippen LogP contribution < -0.4 is 11.1 Å². The molecular formula is C27H37F3N4O6. The van der Waals surface area contributed by atoms with Crippen LogP contribution in [0.5, 0.6) is 0 Å². The van der Waals surface area contributed by atoms with Gasteiger partial charge in [-0.2, -0.15) is 13.2 Å². The predicted molar refractivity (Wildman–Crippen MR) is 139 cm³/mol. The number of amides is 2. The Bertz CT molecular complexity index is 1120. The van der Waals surface area contributed by atoms with Crippen LogP contribution in [0.25, 0.3) is 0 Å². The van der Waals surface area contributed by atoms with E-state index in [4.69, 9.17) is 25.4 Å². The van der Waals surface area contributed by atoms with Crippen molar-refractivity contribution in [3.63, 3.8) is 0 Å². The molecule has 1 saturated carbocycles. The number of carboxylic acids is 1. The van der Waals surface area contributed by atoms with Crippen molar-refractivity contribution in [1.82, 2.24) is 10.2 Å². The molecule has 2 amide bonds. The Morgan fingerprint density at radius 1 is 1.27 bits per heavy atom. The van der Waals surface area contributed by atoms with Gasteiger partial charge < -0.3 is 26.0 Å². The zero-order valence-electron chi connectivity index (χ0n) is 22.8. The van der Waals surface area contributed by atoms with Crippen LogP contribution in [0, 0.1) is 11.8 Å². The van der Waals surface area contributed by atoms with Crippen molar-refractivity contribution in [3.8, 4) is 0 Å². The first-order valence-electron chi connectivity index (χ1n) is 13.3. The number of halogens is 3. The molecule has 2 aliphatic carbocycles. The summed E-state index contributed by atoms with van der Waals surface area (Å²) in [5.41, 5.74) is 7.95. The van der Waals surface area contributed by atoms with Crippen molar-refractivity contribution in [2.24, 2.45) is 22.6 Å². The van der Waals surface area contributed by atoms with Crippen LogP contribution >= 0.6 is 0 Å². The van der Waals surface area contributed by atoms with Gasteiger partial charge >= 0.3 is 12.1 Å². The molecule has 0 radical (unpaired) electrons. The molecular weight excluding hydrogens is 533 g/mol. The quantitative estimate of drug-likeness (QED) is 0.356. The number of nitrogens with two attached hydrogens (primary N) is 1. The minimum absolute atomic E-state index is 0.0117. The number of carbonyl (C=O) groups is 3. The van der Waals surface area contributed by atoms with E-state index in [0.29, 0.717) is 32.3 Å². The number of rotatable bonds is 9. The Labute approximate surface area is 230 Å². The van der Waals surface area contributed by atoms with Gasteiger partial charge in [0.05, 0.1) is 24.1 Å². The van der Waals surface area contributed by atoms with Crippen molar-refractivity contribution in [3.05, 3.63) is 35.4 Å². The van der Waals surface area contributed by atoms with E-state index in [9.17, 15) is 27.9 Å². The number of alkyl halides is 3. The third-order valence-electron chi connectivity index (χ3n) is 8.03. The lowest BCUT2D eigenvalue weighted by molar-refractivity contribution is -0.192. The lowest BCUT2D eigenvalue weighted by Crippen LogP contribution is -2.56. The third-order valence-corrected chi connectivity index (χ3v) is 8.03. The Balaban J connectivity index is 0.000000559. The maximum absolute atomic E-state index is 13.2. The van der Waals surface area contributed by atoms with E-state index in [0.717, 1.165) is 24.0 Å². The molecule has 1 unspecified atom stereocenters. The molecule has 3 aliphatic rings. The minimum Gasteiger partial charge on any atom is -0.475 e. The van der Waals surface area contributed by atoms with Crippen molar-refractivity contribution in [1.29, 1.82) is 0 Å². The number of aliphatic hydroxyl groups is 1. The summed E-state index contributed by atoms with van der Waals surface area (Å²) in [5, 5.41) is 20.7. The highest BCUT2D eigenvalue weighted by atomic mass is 19.4. The van der Waals surface area contributed by atoms with E-state index in [1.165, 1.54) is 0 Å². The van der Waals surface area contributed by atoms with Crippen LogP contribution in [0.3, 0.4) is 0 Å². The molecule has 0 aromatic heterocycles. The van der Waals surface area contributed by atoms with Crippen LogP contribution in [0.15, 0.2) is 29.3 Å². The van der Waals surface area contributed by atoms with Gasteiger partial charge in [0, 0.05) is 32.1 Å². The molecule has 5 N–H and O–H groups in total. The van der Waals surface area contributed by atoms with E-state index in [1.54, 1.807) is 12.0 Å². The Morgan fingerprint density at radius 2 is 1.90 bits per heavy atom. The molecule has 1 fully saturated rings. The summed E-state index contributed by atoms with van der Waals surface area (Å²) in [5.74, 6) is -2.85. The number of hydrogen-bond donors (Lipinski definition) is 4. The summed E-state index contributed by atoms with van der Waals surface area (Å²) in [6.07, 6.45) is -2.06. The maximum Gasteiger partial charge on any atom is 0.490 e. The number of carboxylic acid groups (broad SMARTS) is 1. The Morgan fingerprint density at radius 3 is 2.45 bits per heavy atom. The van der Waals surface area contributed by atoms with E-state index in [-0.39, 0.29) is 35.7 Å². The predicted octanol–water partition coefficient (Wildman–Crippen LogP) is 2.54. The molecule has 1 aromatic rings. The molecule has 10 nitrogen and oxygen atoms in total. The summed E-state index contributed by atoms with van der Waals surface area (Å²) in [6, 6.07) is 7.19. The number of hydrogen-bond acceptors (Lipinski definition) is 7. The number of aliphatic hydroxyl groups excluding tert-OH is 1. The number of ether oxygens (including phenoxy) is 1. The number of carbonyl (C=O) groups excluding carboxylic acids is 2. The van der Waals surface area contributed by atoms with Crippen LogP contribution in [-0.2, 0) is 25.5 Å². The molecule has 222 valence electrons. The first-order valence-corrected chi connectivity index (χ1v) is 13.3. The average Bonchev–Trinajstić information content (AvgIpc) is 3.63. The van der Waals surface area contributed by atoms with Gasteiger partial charge in [0.1, 0.15) is 0 Å². The average molecular weight is 571 g/mol. The summed E-state index contributed by atoms with van der Waals surface area (Å²) in [7, 11) is 1.63. The lowest BCUT2D eigenvalue weighted by Gasteiger charge is -2.40. The molecule has 5 atom stereocenters. The van der Waals surface area contributed by atoms with Crippen molar-refractivity contribution in [2.45, 2.75) is 82.3 Å². The van der Waals surface area contributed by atoms with E-state index >= 15 is 0 Å². The molecule has 4 rings (SSSR count). The standard InChI is InChI=1S/C25H36N4O4.C2HF3O2/c1-4-25(5-2)14-21(31)29(24(26)28-25)19(10-11-33-3)17-13-18(17)23(32)27-22-16-9-7-6-8-15(16)12-20(22)30;3-2(4,5)1(6)7/h6-9,17-20,22,30H,4-5,10-14H2,1-3H3,(H2,26,28)(H,27,32);(H,6,7)/t17-,18-,19?,20-,22-;/m1./s1. The van der Waals surface area contributed by atoms with Gasteiger partial charge in [0.2, 0.25) is 11.8 Å². The largest absolute Gasteiger partial charge is 0.490 e. The fourth-order valence-electron chi connectivity index (χ4n) is 5.57. The molecule has 0 saturated heterocycles. The number of nitrogens with one attached hydrogen (secondary N) is 1. The van der Waals surface area contributed by atoms with Gasteiger partial charge in [-0.1, -0.05) is 38.1 Å². The number of benzene rings is 1. The highest BCUT2D eigenvalue weighted by Gasteiger charge is 2.53. The molecule has 1 aromatic carbocycles. The number of fused-ring (bicyclic) bond motifs is 1. The zero-order chi connectivity index (χ0) is 29.8. The smallest absolute Gasteiger partial charge is 0.475 e. The lowest BCUT2D eigenvalue weighted by atomic mass is 9.87. The first kappa shape index (κ1) is 31.3. The number of aliphatic carboxylic acids is 1. The first-order chi connectivity index (χ1) is 18.8. The zero-order valence-corrected chi connectivity index (χ0v) is 22.8. The van der Waals surface area contributed by atoms with Gasteiger partial charge in [-0.05, 0) is 42.7 Å². The third kappa shape index (κ3) is 6.92. The second-order valence-electron chi connectivity index (χ2n) is 10.5. The number of nitrogens with zero attached hydrogens (tertiary/aromatic N) is 2. The summed E-state index contributed by atoms with van der Waals surface area (Å²) >= 11 is 0. The van der Waals surface area contributed by atoms with Crippen LogP contribution in [-0.4, -0.2) is 76.4 Å². The van der Waals surface area contributed by atoms with Crippen molar-refractivity contribution < 1.29 is 42.5 Å². The van der Waals surface area contributed by atoms with Gasteiger partial charge in [0.15, 0.2) is 5.96 Å². The summed E-state index contributed by atoms with van der Waals surface area (Å²) in [6.45, 7) is 4.53. The van der Waals surface area contributed by atoms with Crippen LogP contribution in [0.1, 0.15) is 63.1 Å². The molecule has 1 aliphatic heterocycles. The highest BCUT2D eigenvalue weighted by molar-refractivity contribution is 5.99. The minimum atomic E-state index is -5.08. The Kier molecular flexibility index (Phi) is 9.83. The molecule has 0 spiro atoms. The summed E-state index contributed by atoms with van der Waals surface area (Å²) in [4.78, 5) is 41.6. The van der Waals surface area contributed by atoms with Crippen molar-refractivity contribution in [2.75, 3.05) is 13.7 Å². The highest BCUT2D eigenvalue weighted by Crippen LogP contribution is 2.46. The number of aliphatic imine (C=N–C) groups is 1. The number of methoxy groups -OCH3 is 1. The van der Waals surface area contributed by atoms with Crippen LogP contribution in [0.4, 0.5) is 13.2 Å². The topological polar surface area (TPSA) is 155 Å². The van der Waals surface area contributed by atoms with Gasteiger partial charge in [0.25, 0.3) is 0 Å². The van der Waals surface area contributed by atoms with E-state index < -0.39 is 29.8 Å². The fourth-order valence-corrected chi connectivity index (χ4v) is 5.57. The summed E-state index contributed by atoms with van der Waals surface area (Å²) < 4.78 is 37.0. The van der Waals surface area contributed by atoms with E-state index in [1.807, 2.05) is 38.1 Å². The monoisotopic (exact) mass is 570 g/mol. The fraction of sp³-hybridized carbons (Fsp3) is 0.630. The van der Waals surface area contributed by atoms with Crippen molar-refractivity contribution >= 4 is 23.7 Å². The van der Waals surface area contributed by atoms with Gasteiger partial charge in [-0.15, -0.1) is 0 Å².